The number of nitrogens with zero attached hydrogens (tertiary/aromatic N) is 2. The SMILES string of the molecule is CN(c1nc(-c2ccccc2)cs1)[C@@H]1CCS(=O)(=O)C1. The fraction of sp³-hybridized carbons (Fsp3) is 0.357. The van der Waals surface area contributed by atoms with Gasteiger partial charge in [0.25, 0.3) is 0 Å². The summed E-state index contributed by atoms with van der Waals surface area (Å²) in [4.78, 5) is 6.62. The van der Waals surface area contributed by atoms with Gasteiger partial charge in [0.15, 0.2) is 15.0 Å². The van der Waals surface area contributed by atoms with E-state index in [-0.39, 0.29) is 11.8 Å². The lowest BCUT2D eigenvalue weighted by molar-refractivity contribution is 0.601. The van der Waals surface area contributed by atoms with Gasteiger partial charge in [-0.25, -0.2) is 13.4 Å². The van der Waals surface area contributed by atoms with Crippen LogP contribution in [0.25, 0.3) is 11.3 Å². The smallest absolute Gasteiger partial charge is 0.185 e. The van der Waals surface area contributed by atoms with Crippen LogP contribution in [0.3, 0.4) is 0 Å². The monoisotopic (exact) mass is 308 g/mol. The number of aromatic nitrogens is 1. The standard InChI is InChI=1S/C14H16N2O2S2/c1-16(12-7-8-20(17,18)10-12)14-15-13(9-19-14)11-5-3-2-4-6-11/h2-6,9,12H,7-8,10H2,1H3/t12-/m1/s1. The van der Waals surface area contributed by atoms with Crippen LogP contribution in [0.15, 0.2) is 35.7 Å². The molecule has 1 saturated heterocycles. The molecule has 1 aliphatic rings. The Balaban J connectivity index is 1.80. The maximum absolute atomic E-state index is 11.6. The van der Waals surface area contributed by atoms with Crippen LogP contribution in [0.2, 0.25) is 0 Å². The minimum Gasteiger partial charge on any atom is -0.347 e. The van der Waals surface area contributed by atoms with Gasteiger partial charge in [0.2, 0.25) is 0 Å². The van der Waals surface area contributed by atoms with Gasteiger partial charge in [-0.1, -0.05) is 30.3 Å². The van der Waals surface area contributed by atoms with Gasteiger partial charge in [-0.15, -0.1) is 11.3 Å². The Bertz CT molecular complexity index is 695. The molecule has 0 spiro atoms. The predicted octanol–water partition coefficient (Wildman–Crippen LogP) is 2.43. The molecule has 106 valence electrons. The number of hydrogen-bond donors (Lipinski definition) is 0. The van der Waals surface area contributed by atoms with Crippen molar-refractivity contribution < 1.29 is 8.42 Å². The summed E-state index contributed by atoms with van der Waals surface area (Å²) in [6.07, 6.45) is 0.694. The Hall–Kier alpha value is -1.40. The van der Waals surface area contributed by atoms with Gasteiger partial charge in [-0.2, -0.15) is 0 Å². The summed E-state index contributed by atoms with van der Waals surface area (Å²) >= 11 is 1.56. The third kappa shape index (κ3) is 2.71. The summed E-state index contributed by atoms with van der Waals surface area (Å²) in [5.41, 5.74) is 2.03. The average molecular weight is 308 g/mol. The van der Waals surface area contributed by atoms with Crippen molar-refractivity contribution in [2.24, 2.45) is 0 Å². The van der Waals surface area contributed by atoms with E-state index in [0.29, 0.717) is 12.2 Å². The molecule has 0 N–H and O–H groups in total. The zero-order valence-corrected chi connectivity index (χ0v) is 12.8. The number of thiazole rings is 1. The zero-order chi connectivity index (χ0) is 14.2. The van der Waals surface area contributed by atoms with Crippen LogP contribution in [-0.2, 0) is 9.84 Å². The van der Waals surface area contributed by atoms with E-state index in [4.69, 9.17) is 0 Å². The van der Waals surface area contributed by atoms with E-state index < -0.39 is 9.84 Å². The highest BCUT2D eigenvalue weighted by atomic mass is 32.2. The second-order valence-electron chi connectivity index (χ2n) is 5.05. The highest BCUT2D eigenvalue weighted by molar-refractivity contribution is 7.91. The molecule has 0 unspecified atom stereocenters. The Morgan fingerprint density at radius 1 is 1.30 bits per heavy atom. The third-order valence-electron chi connectivity index (χ3n) is 3.62. The minimum atomic E-state index is -2.86. The summed E-state index contributed by atoms with van der Waals surface area (Å²) in [5.74, 6) is 0.530. The van der Waals surface area contributed by atoms with Crippen LogP contribution >= 0.6 is 11.3 Å². The Kier molecular flexibility index (Phi) is 3.52. The maximum Gasteiger partial charge on any atom is 0.185 e. The topological polar surface area (TPSA) is 50.3 Å². The van der Waals surface area contributed by atoms with Crippen molar-refractivity contribution in [1.82, 2.24) is 4.98 Å². The first kappa shape index (κ1) is 13.6. The van der Waals surface area contributed by atoms with Crippen molar-refractivity contribution in [2.75, 3.05) is 23.5 Å². The van der Waals surface area contributed by atoms with E-state index in [0.717, 1.165) is 16.4 Å². The second-order valence-corrected chi connectivity index (χ2v) is 8.11. The molecule has 6 heteroatoms. The van der Waals surface area contributed by atoms with E-state index in [2.05, 4.69) is 4.98 Å². The van der Waals surface area contributed by atoms with Crippen molar-refractivity contribution in [3.8, 4) is 11.3 Å². The molecule has 0 saturated carbocycles. The predicted molar refractivity (Wildman–Crippen MR) is 83.0 cm³/mol. The third-order valence-corrected chi connectivity index (χ3v) is 6.30. The van der Waals surface area contributed by atoms with Gasteiger partial charge < -0.3 is 4.90 Å². The quantitative estimate of drug-likeness (QED) is 0.874. The molecule has 1 aromatic carbocycles. The highest BCUT2D eigenvalue weighted by Crippen LogP contribution is 2.29. The first-order valence-corrected chi connectivity index (χ1v) is 9.19. The van der Waals surface area contributed by atoms with E-state index in [9.17, 15) is 8.42 Å². The molecule has 0 bridgehead atoms. The van der Waals surface area contributed by atoms with E-state index in [1.807, 2.05) is 47.7 Å². The highest BCUT2D eigenvalue weighted by Gasteiger charge is 2.31. The summed E-state index contributed by atoms with van der Waals surface area (Å²) < 4.78 is 23.1. The Morgan fingerprint density at radius 2 is 2.05 bits per heavy atom. The molecule has 1 atom stereocenters. The molecule has 2 heterocycles. The fourth-order valence-electron chi connectivity index (χ4n) is 2.40. The fourth-order valence-corrected chi connectivity index (χ4v) is 5.05. The maximum atomic E-state index is 11.6. The lowest BCUT2D eigenvalue weighted by Gasteiger charge is -2.22. The first-order valence-electron chi connectivity index (χ1n) is 6.49. The summed E-state index contributed by atoms with van der Waals surface area (Å²) in [6, 6.07) is 10.1. The molecular formula is C14H16N2O2S2. The van der Waals surface area contributed by atoms with Gasteiger partial charge in [0.05, 0.1) is 17.2 Å². The number of sulfone groups is 1. The van der Waals surface area contributed by atoms with Crippen LogP contribution < -0.4 is 4.90 Å². The average Bonchev–Trinajstić information content (AvgIpc) is 3.05. The number of hydrogen-bond acceptors (Lipinski definition) is 5. The van der Waals surface area contributed by atoms with E-state index in [1.54, 1.807) is 11.3 Å². The molecule has 0 radical (unpaired) electrons. The normalized spacial score (nSPS) is 20.9. The lowest BCUT2D eigenvalue weighted by atomic mass is 10.2. The van der Waals surface area contributed by atoms with Crippen LogP contribution in [0.4, 0.5) is 5.13 Å². The van der Waals surface area contributed by atoms with Crippen LogP contribution in [-0.4, -0.2) is 38.0 Å². The van der Waals surface area contributed by atoms with Gasteiger partial charge in [0, 0.05) is 24.0 Å². The zero-order valence-electron chi connectivity index (χ0n) is 11.2. The number of rotatable bonds is 3. The minimum absolute atomic E-state index is 0.0507. The summed E-state index contributed by atoms with van der Waals surface area (Å²) in [6.45, 7) is 0. The van der Waals surface area contributed by atoms with Crippen molar-refractivity contribution in [2.45, 2.75) is 12.5 Å². The first-order chi connectivity index (χ1) is 9.55. The molecule has 2 aromatic rings. The van der Waals surface area contributed by atoms with Crippen LogP contribution in [0.1, 0.15) is 6.42 Å². The largest absolute Gasteiger partial charge is 0.347 e. The lowest BCUT2D eigenvalue weighted by Crippen LogP contribution is -2.32. The van der Waals surface area contributed by atoms with Gasteiger partial charge in [-0.05, 0) is 6.42 Å². The van der Waals surface area contributed by atoms with Crippen molar-refractivity contribution in [3.63, 3.8) is 0 Å². The van der Waals surface area contributed by atoms with Crippen molar-refractivity contribution >= 4 is 26.3 Å². The summed E-state index contributed by atoms with van der Waals surface area (Å²) in [7, 11) is -0.929. The van der Waals surface area contributed by atoms with Crippen molar-refractivity contribution in [3.05, 3.63) is 35.7 Å². The second kappa shape index (κ2) is 5.18. The van der Waals surface area contributed by atoms with Crippen LogP contribution in [0, 0.1) is 0 Å². The molecule has 1 fully saturated rings. The molecule has 0 amide bonds. The van der Waals surface area contributed by atoms with E-state index in [1.165, 1.54) is 0 Å². The summed E-state index contributed by atoms with van der Waals surface area (Å²) in [5, 5.41) is 2.90. The number of anilines is 1. The van der Waals surface area contributed by atoms with Crippen molar-refractivity contribution in [1.29, 1.82) is 0 Å². The van der Waals surface area contributed by atoms with Gasteiger partial charge >= 0.3 is 0 Å². The molecule has 1 aliphatic heterocycles. The van der Waals surface area contributed by atoms with Crippen LogP contribution in [0.5, 0.6) is 0 Å². The molecule has 20 heavy (non-hydrogen) atoms. The van der Waals surface area contributed by atoms with E-state index >= 15 is 0 Å². The molecule has 0 aliphatic carbocycles. The molecular weight excluding hydrogens is 292 g/mol. The van der Waals surface area contributed by atoms with Gasteiger partial charge in [-0.3, -0.25) is 0 Å². The number of benzene rings is 1. The molecule has 3 rings (SSSR count). The van der Waals surface area contributed by atoms with Gasteiger partial charge in [0.1, 0.15) is 0 Å². The molecule has 4 nitrogen and oxygen atoms in total. The Morgan fingerprint density at radius 3 is 2.70 bits per heavy atom. The Labute approximate surface area is 123 Å². The molecule has 1 aromatic heterocycles.